The Morgan fingerprint density at radius 2 is 1.59 bits per heavy atom. The first-order valence-corrected chi connectivity index (χ1v) is 8.96. The Morgan fingerprint density at radius 3 is 2.33 bits per heavy atom. The molecule has 0 fully saturated rings. The number of carbonyl (C=O) groups is 1. The summed E-state index contributed by atoms with van der Waals surface area (Å²) in [6.45, 7) is 5.93. The van der Waals surface area contributed by atoms with E-state index >= 15 is 0 Å². The zero-order valence-electron chi connectivity index (χ0n) is 15.7. The second kappa shape index (κ2) is 6.72. The monoisotopic (exact) mass is 355 g/mol. The summed E-state index contributed by atoms with van der Waals surface area (Å²) < 4.78 is 1.87. The van der Waals surface area contributed by atoms with Crippen molar-refractivity contribution in [2.75, 3.05) is 5.32 Å². The fraction of sp³-hybridized carbons (Fsp3) is 0.130. The van der Waals surface area contributed by atoms with Crippen molar-refractivity contribution in [3.8, 4) is 5.69 Å². The van der Waals surface area contributed by atoms with E-state index in [0.29, 0.717) is 5.56 Å². The summed E-state index contributed by atoms with van der Waals surface area (Å²) in [5, 5.41) is 9.82. The molecule has 0 radical (unpaired) electrons. The van der Waals surface area contributed by atoms with Crippen LogP contribution in [0, 0.1) is 20.8 Å². The van der Waals surface area contributed by atoms with E-state index < -0.39 is 0 Å². The van der Waals surface area contributed by atoms with Gasteiger partial charge in [0.1, 0.15) is 0 Å². The molecule has 4 aromatic rings. The van der Waals surface area contributed by atoms with Crippen LogP contribution in [0.1, 0.15) is 27.3 Å². The number of carbonyl (C=O) groups excluding carboxylic acids is 1. The maximum Gasteiger partial charge on any atom is 0.255 e. The van der Waals surface area contributed by atoms with Gasteiger partial charge in [0.25, 0.3) is 5.91 Å². The Labute approximate surface area is 158 Å². The number of benzene rings is 3. The van der Waals surface area contributed by atoms with Gasteiger partial charge in [-0.25, -0.2) is 4.68 Å². The number of nitrogens with one attached hydrogen (secondary N) is 1. The quantitative estimate of drug-likeness (QED) is 0.549. The maximum absolute atomic E-state index is 12.8. The number of anilines is 1. The topological polar surface area (TPSA) is 46.9 Å². The van der Waals surface area contributed by atoms with Crippen LogP contribution in [-0.2, 0) is 0 Å². The van der Waals surface area contributed by atoms with E-state index in [4.69, 9.17) is 0 Å². The minimum atomic E-state index is -0.129. The van der Waals surface area contributed by atoms with Crippen LogP contribution in [0.25, 0.3) is 16.5 Å². The number of nitrogens with zero attached hydrogens (tertiary/aromatic N) is 2. The second-order valence-electron chi connectivity index (χ2n) is 6.81. The van der Waals surface area contributed by atoms with Gasteiger partial charge in [-0.1, -0.05) is 48.0 Å². The van der Waals surface area contributed by atoms with Gasteiger partial charge in [-0.2, -0.15) is 5.10 Å². The third-order valence-electron chi connectivity index (χ3n) is 4.82. The highest BCUT2D eigenvalue weighted by atomic mass is 16.1. The Hall–Kier alpha value is -3.40. The molecule has 0 aliphatic heterocycles. The van der Waals surface area contributed by atoms with Crippen molar-refractivity contribution in [3.05, 3.63) is 89.2 Å². The molecule has 1 N–H and O–H groups in total. The fourth-order valence-corrected chi connectivity index (χ4v) is 3.28. The van der Waals surface area contributed by atoms with Crippen LogP contribution in [0.2, 0.25) is 0 Å². The summed E-state index contributed by atoms with van der Waals surface area (Å²) in [5.41, 5.74) is 5.27. The van der Waals surface area contributed by atoms with Gasteiger partial charge in [-0.15, -0.1) is 0 Å². The van der Waals surface area contributed by atoms with Crippen molar-refractivity contribution in [2.24, 2.45) is 0 Å². The van der Waals surface area contributed by atoms with Crippen LogP contribution in [0.15, 0.2) is 66.7 Å². The Bertz CT molecular complexity index is 1140. The lowest BCUT2D eigenvalue weighted by Crippen LogP contribution is -2.13. The third kappa shape index (κ3) is 3.22. The van der Waals surface area contributed by atoms with Crippen LogP contribution in [0.4, 0.5) is 5.69 Å². The average Bonchev–Trinajstić information content (AvgIpc) is 2.96. The molecular formula is C23H21N3O. The van der Waals surface area contributed by atoms with Crippen molar-refractivity contribution < 1.29 is 4.79 Å². The van der Waals surface area contributed by atoms with Gasteiger partial charge in [-0.3, -0.25) is 4.79 Å². The van der Waals surface area contributed by atoms with Crippen molar-refractivity contribution in [1.82, 2.24) is 9.78 Å². The van der Waals surface area contributed by atoms with Crippen LogP contribution in [0.3, 0.4) is 0 Å². The highest BCUT2D eigenvalue weighted by Crippen LogP contribution is 2.24. The van der Waals surface area contributed by atoms with Crippen LogP contribution in [0.5, 0.6) is 0 Å². The maximum atomic E-state index is 12.8. The molecule has 0 saturated heterocycles. The van der Waals surface area contributed by atoms with Crippen LogP contribution >= 0.6 is 0 Å². The minimum absolute atomic E-state index is 0.129. The molecule has 0 saturated carbocycles. The Balaban J connectivity index is 1.65. The molecule has 4 heteroatoms. The van der Waals surface area contributed by atoms with Gasteiger partial charge in [0, 0.05) is 5.56 Å². The minimum Gasteiger partial charge on any atom is -0.319 e. The van der Waals surface area contributed by atoms with Crippen LogP contribution < -0.4 is 5.32 Å². The van der Waals surface area contributed by atoms with Crippen molar-refractivity contribution in [2.45, 2.75) is 20.8 Å². The van der Waals surface area contributed by atoms with Gasteiger partial charge < -0.3 is 5.32 Å². The molecule has 134 valence electrons. The van der Waals surface area contributed by atoms with Gasteiger partial charge in [-0.05, 0) is 55.8 Å². The van der Waals surface area contributed by atoms with Gasteiger partial charge >= 0.3 is 0 Å². The molecule has 27 heavy (non-hydrogen) atoms. The summed E-state index contributed by atoms with van der Waals surface area (Å²) in [4.78, 5) is 12.8. The van der Waals surface area contributed by atoms with E-state index in [0.717, 1.165) is 33.5 Å². The number of hydrogen-bond donors (Lipinski definition) is 1. The number of amides is 1. The van der Waals surface area contributed by atoms with Gasteiger partial charge in [0.2, 0.25) is 0 Å². The zero-order chi connectivity index (χ0) is 19.0. The lowest BCUT2D eigenvalue weighted by Gasteiger charge is -2.08. The van der Waals surface area contributed by atoms with E-state index in [9.17, 15) is 4.79 Å². The molecule has 0 aliphatic rings. The molecule has 4 rings (SSSR count). The standard InChI is InChI=1S/C23H21N3O/c1-15-8-12-21(13-9-15)26-17(3)22(16(2)25-26)24-23(27)20-11-10-18-6-4-5-7-19(18)14-20/h4-14H,1-3H3,(H,24,27). The highest BCUT2D eigenvalue weighted by Gasteiger charge is 2.16. The smallest absolute Gasteiger partial charge is 0.255 e. The molecule has 0 spiro atoms. The molecule has 0 bridgehead atoms. The summed E-state index contributed by atoms with van der Waals surface area (Å²) in [7, 11) is 0. The molecule has 0 unspecified atom stereocenters. The number of rotatable bonds is 3. The largest absolute Gasteiger partial charge is 0.319 e. The Morgan fingerprint density at radius 1 is 0.889 bits per heavy atom. The molecule has 1 aromatic heterocycles. The molecular weight excluding hydrogens is 334 g/mol. The molecule has 1 heterocycles. The third-order valence-corrected chi connectivity index (χ3v) is 4.82. The lowest BCUT2D eigenvalue weighted by molar-refractivity contribution is 0.102. The van der Waals surface area contributed by atoms with E-state index in [1.807, 2.05) is 73.1 Å². The Kier molecular flexibility index (Phi) is 4.24. The fourth-order valence-electron chi connectivity index (χ4n) is 3.28. The van der Waals surface area contributed by atoms with Crippen molar-refractivity contribution in [1.29, 1.82) is 0 Å². The lowest BCUT2D eigenvalue weighted by atomic mass is 10.1. The predicted octanol–water partition coefficient (Wildman–Crippen LogP) is 5.20. The molecule has 1 amide bonds. The van der Waals surface area contributed by atoms with E-state index in [1.54, 1.807) is 0 Å². The SMILES string of the molecule is Cc1ccc(-n2nc(C)c(NC(=O)c3ccc4ccccc4c3)c2C)cc1. The van der Waals surface area contributed by atoms with E-state index in [2.05, 4.69) is 29.5 Å². The second-order valence-corrected chi connectivity index (χ2v) is 6.81. The molecule has 3 aromatic carbocycles. The highest BCUT2D eigenvalue weighted by molar-refractivity contribution is 6.07. The van der Waals surface area contributed by atoms with E-state index in [-0.39, 0.29) is 5.91 Å². The first-order valence-electron chi connectivity index (χ1n) is 8.96. The zero-order valence-corrected chi connectivity index (χ0v) is 15.7. The summed E-state index contributed by atoms with van der Waals surface area (Å²) in [5.74, 6) is -0.129. The first-order chi connectivity index (χ1) is 13.0. The summed E-state index contributed by atoms with van der Waals surface area (Å²) >= 11 is 0. The summed E-state index contributed by atoms with van der Waals surface area (Å²) in [6.07, 6.45) is 0. The summed E-state index contributed by atoms with van der Waals surface area (Å²) in [6, 6.07) is 21.9. The number of aryl methyl sites for hydroxylation is 2. The van der Waals surface area contributed by atoms with Crippen LogP contribution in [-0.4, -0.2) is 15.7 Å². The molecule has 0 atom stereocenters. The number of fused-ring (bicyclic) bond motifs is 1. The van der Waals surface area contributed by atoms with Crippen molar-refractivity contribution in [3.63, 3.8) is 0 Å². The van der Waals surface area contributed by atoms with E-state index in [1.165, 1.54) is 5.56 Å². The van der Waals surface area contributed by atoms with Gasteiger partial charge in [0.15, 0.2) is 0 Å². The predicted molar refractivity (Wildman–Crippen MR) is 110 cm³/mol. The van der Waals surface area contributed by atoms with Crippen molar-refractivity contribution >= 4 is 22.4 Å². The normalized spacial score (nSPS) is 10.9. The van der Waals surface area contributed by atoms with Gasteiger partial charge in [0.05, 0.1) is 22.8 Å². The molecule has 4 nitrogen and oxygen atoms in total. The molecule has 0 aliphatic carbocycles. The number of aromatic nitrogens is 2. The first kappa shape index (κ1) is 17.0. The number of hydrogen-bond acceptors (Lipinski definition) is 2. The average molecular weight is 355 g/mol.